The van der Waals surface area contributed by atoms with Crippen LogP contribution in [0.2, 0.25) is 0 Å². The number of Topliss-reactive ketones (excluding diaryl/α,β-unsaturated/α-hetero) is 1. The molecule has 0 radical (unpaired) electrons. The number of amides is 1. The molecule has 3 aliphatic rings. The maximum absolute atomic E-state index is 13.6. The van der Waals surface area contributed by atoms with Gasteiger partial charge in [-0.1, -0.05) is 42.5 Å². The molecule has 2 heterocycles. The van der Waals surface area contributed by atoms with Crippen LogP contribution in [-0.4, -0.2) is 54.7 Å². The highest BCUT2D eigenvalue weighted by Gasteiger charge is 2.57. The number of rotatable bonds is 3. The third-order valence-corrected chi connectivity index (χ3v) is 6.43. The minimum atomic E-state index is -1.83. The molecule has 6 heteroatoms. The lowest BCUT2D eigenvalue weighted by Crippen LogP contribution is -2.52. The first-order valence-corrected chi connectivity index (χ1v) is 10.2. The van der Waals surface area contributed by atoms with E-state index in [1.165, 1.54) is 0 Å². The molecule has 2 aromatic rings. The summed E-state index contributed by atoms with van der Waals surface area (Å²) in [5.41, 5.74) is 1.01. The average Bonchev–Trinajstić information content (AvgIpc) is 2.98. The SMILES string of the molecule is O=C1c2ccccc2CC[C@@H]1[C@@]1(O)C(=O)N(CN2CCOCC2)c2ccccc21. The van der Waals surface area contributed by atoms with Gasteiger partial charge in [-0.05, 0) is 24.5 Å². The van der Waals surface area contributed by atoms with Gasteiger partial charge in [0.05, 0.1) is 31.5 Å². The molecule has 1 aliphatic carbocycles. The van der Waals surface area contributed by atoms with Crippen molar-refractivity contribution in [1.82, 2.24) is 4.90 Å². The second-order valence-electron chi connectivity index (χ2n) is 8.00. The van der Waals surface area contributed by atoms with E-state index in [0.29, 0.717) is 49.5 Å². The predicted octanol–water partition coefficient (Wildman–Crippen LogP) is 1.96. The first-order valence-electron chi connectivity index (χ1n) is 10.2. The van der Waals surface area contributed by atoms with Gasteiger partial charge >= 0.3 is 0 Å². The van der Waals surface area contributed by atoms with E-state index >= 15 is 0 Å². The summed E-state index contributed by atoms with van der Waals surface area (Å²) in [5, 5.41) is 11.8. The van der Waals surface area contributed by atoms with Crippen molar-refractivity contribution in [3.05, 3.63) is 65.2 Å². The van der Waals surface area contributed by atoms with Crippen LogP contribution in [0.5, 0.6) is 0 Å². The molecule has 150 valence electrons. The highest BCUT2D eigenvalue weighted by molar-refractivity contribution is 6.12. The fourth-order valence-electron chi connectivity index (χ4n) is 4.88. The fraction of sp³-hybridized carbons (Fsp3) is 0.391. The Morgan fingerprint density at radius 2 is 1.76 bits per heavy atom. The summed E-state index contributed by atoms with van der Waals surface area (Å²) in [7, 11) is 0. The van der Waals surface area contributed by atoms with E-state index in [4.69, 9.17) is 4.74 Å². The Morgan fingerprint density at radius 1 is 1.03 bits per heavy atom. The molecule has 1 amide bonds. The van der Waals surface area contributed by atoms with Gasteiger partial charge in [-0.25, -0.2) is 0 Å². The normalized spacial score (nSPS) is 27.1. The molecule has 1 N–H and O–H groups in total. The van der Waals surface area contributed by atoms with E-state index in [-0.39, 0.29) is 5.78 Å². The lowest BCUT2D eigenvalue weighted by molar-refractivity contribution is -0.141. The van der Waals surface area contributed by atoms with E-state index in [2.05, 4.69) is 4.90 Å². The minimum absolute atomic E-state index is 0.147. The molecule has 0 saturated carbocycles. The molecule has 0 unspecified atom stereocenters. The van der Waals surface area contributed by atoms with E-state index in [1.807, 2.05) is 36.4 Å². The fourth-order valence-corrected chi connectivity index (χ4v) is 4.88. The third kappa shape index (κ3) is 2.82. The summed E-state index contributed by atoms with van der Waals surface area (Å²) in [6.07, 6.45) is 1.13. The number of aliphatic hydroxyl groups is 1. The number of carbonyl (C=O) groups is 2. The molecule has 29 heavy (non-hydrogen) atoms. The smallest absolute Gasteiger partial charge is 0.265 e. The molecule has 0 aromatic heterocycles. The Bertz CT molecular complexity index is 969. The molecule has 2 aliphatic heterocycles. The van der Waals surface area contributed by atoms with Crippen molar-refractivity contribution in [3.63, 3.8) is 0 Å². The lowest BCUT2D eigenvalue weighted by atomic mass is 9.71. The van der Waals surface area contributed by atoms with Gasteiger partial charge < -0.3 is 9.84 Å². The lowest BCUT2D eigenvalue weighted by Gasteiger charge is -2.35. The number of hydrogen-bond donors (Lipinski definition) is 1. The molecular formula is C23H24N2O4. The van der Waals surface area contributed by atoms with Crippen molar-refractivity contribution in [2.24, 2.45) is 5.92 Å². The van der Waals surface area contributed by atoms with Crippen LogP contribution < -0.4 is 4.90 Å². The zero-order valence-electron chi connectivity index (χ0n) is 16.2. The second-order valence-corrected chi connectivity index (χ2v) is 8.00. The molecular weight excluding hydrogens is 368 g/mol. The standard InChI is InChI=1S/C23H24N2O4/c26-21-17-6-2-1-5-16(17)9-10-19(21)23(28)18-7-3-4-8-20(18)25(22(23)27)15-24-11-13-29-14-12-24/h1-8,19,28H,9-15H2/t19-,23+/m0/s1. The Labute approximate surface area is 169 Å². The number of anilines is 1. The Balaban J connectivity index is 1.53. The zero-order valence-corrected chi connectivity index (χ0v) is 16.2. The van der Waals surface area contributed by atoms with Crippen LogP contribution in [-0.2, 0) is 21.6 Å². The zero-order chi connectivity index (χ0) is 20.0. The summed E-state index contributed by atoms with van der Waals surface area (Å²) >= 11 is 0. The number of fused-ring (bicyclic) bond motifs is 2. The first-order chi connectivity index (χ1) is 14.1. The maximum Gasteiger partial charge on any atom is 0.265 e. The first kappa shape index (κ1) is 18.5. The molecule has 2 atom stereocenters. The summed E-state index contributed by atoms with van der Waals surface area (Å²) in [6.45, 7) is 3.12. The number of nitrogens with zero attached hydrogens (tertiary/aromatic N) is 2. The van der Waals surface area contributed by atoms with Crippen molar-refractivity contribution in [1.29, 1.82) is 0 Å². The van der Waals surface area contributed by atoms with Gasteiger partial charge in [-0.2, -0.15) is 0 Å². The quantitative estimate of drug-likeness (QED) is 0.865. The number of aryl methyl sites for hydroxylation is 1. The number of ketones is 1. The maximum atomic E-state index is 13.6. The van der Waals surface area contributed by atoms with Gasteiger partial charge in [0.2, 0.25) is 0 Å². The van der Waals surface area contributed by atoms with E-state index < -0.39 is 17.4 Å². The van der Waals surface area contributed by atoms with E-state index in [0.717, 1.165) is 18.7 Å². The minimum Gasteiger partial charge on any atom is -0.379 e. The molecule has 6 nitrogen and oxygen atoms in total. The molecule has 0 bridgehead atoms. The summed E-state index contributed by atoms with van der Waals surface area (Å²) in [4.78, 5) is 30.7. The number of ether oxygens (including phenoxy) is 1. The van der Waals surface area contributed by atoms with Crippen LogP contribution in [0.4, 0.5) is 5.69 Å². The molecule has 1 fully saturated rings. The van der Waals surface area contributed by atoms with Gasteiger partial charge in [0.15, 0.2) is 11.4 Å². The molecule has 5 rings (SSSR count). The number of para-hydroxylation sites is 1. The third-order valence-electron chi connectivity index (χ3n) is 6.43. The van der Waals surface area contributed by atoms with Crippen LogP contribution >= 0.6 is 0 Å². The van der Waals surface area contributed by atoms with Crippen LogP contribution in [0.15, 0.2) is 48.5 Å². The highest BCUT2D eigenvalue weighted by Crippen LogP contribution is 2.48. The number of morpholine rings is 1. The van der Waals surface area contributed by atoms with Crippen molar-refractivity contribution in [2.75, 3.05) is 37.9 Å². The molecule has 0 spiro atoms. The summed E-state index contributed by atoms with van der Waals surface area (Å²) in [5.74, 6) is -1.32. The van der Waals surface area contributed by atoms with Gasteiger partial charge in [0.25, 0.3) is 5.91 Å². The van der Waals surface area contributed by atoms with Crippen molar-refractivity contribution in [2.45, 2.75) is 18.4 Å². The number of hydrogen-bond acceptors (Lipinski definition) is 5. The summed E-state index contributed by atoms with van der Waals surface area (Å²) < 4.78 is 5.40. The molecule has 1 saturated heterocycles. The van der Waals surface area contributed by atoms with Gasteiger partial charge in [0, 0.05) is 24.2 Å². The second kappa shape index (κ2) is 7.06. The Hall–Kier alpha value is -2.54. The Morgan fingerprint density at radius 3 is 2.59 bits per heavy atom. The van der Waals surface area contributed by atoms with Crippen LogP contribution in [0.1, 0.15) is 27.9 Å². The van der Waals surface area contributed by atoms with Gasteiger partial charge in [0.1, 0.15) is 0 Å². The van der Waals surface area contributed by atoms with Crippen molar-refractivity contribution in [3.8, 4) is 0 Å². The largest absolute Gasteiger partial charge is 0.379 e. The Kier molecular flexibility index (Phi) is 4.50. The summed E-state index contributed by atoms with van der Waals surface area (Å²) in [6, 6.07) is 14.8. The average molecular weight is 392 g/mol. The van der Waals surface area contributed by atoms with Crippen LogP contribution in [0.3, 0.4) is 0 Å². The monoisotopic (exact) mass is 392 g/mol. The van der Waals surface area contributed by atoms with E-state index in [1.54, 1.807) is 17.0 Å². The number of carbonyl (C=O) groups excluding carboxylic acids is 2. The van der Waals surface area contributed by atoms with Crippen molar-refractivity contribution < 1.29 is 19.4 Å². The van der Waals surface area contributed by atoms with Gasteiger partial charge in [-0.15, -0.1) is 0 Å². The molecule has 2 aromatic carbocycles. The van der Waals surface area contributed by atoms with E-state index in [9.17, 15) is 14.7 Å². The predicted molar refractivity (Wildman–Crippen MR) is 108 cm³/mol. The van der Waals surface area contributed by atoms with Gasteiger partial charge in [-0.3, -0.25) is 19.4 Å². The highest BCUT2D eigenvalue weighted by atomic mass is 16.5. The topological polar surface area (TPSA) is 70.1 Å². The van der Waals surface area contributed by atoms with Crippen LogP contribution in [0, 0.1) is 5.92 Å². The van der Waals surface area contributed by atoms with Crippen molar-refractivity contribution >= 4 is 17.4 Å². The van der Waals surface area contributed by atoms with Crippen LogP contribution in [0.25, 0.3) is 0 Å². The number of benzene rings is 2.